The van der Waals surface area contributed by atoms with Gasteiger partial charge >= 0.3 is 0 Å². The van der Waals surface area contributed by atoms with Gasteiger partial charge in [0.25, 0.3) is 0 Å². The Morgan fingerprint density at radius 1 is 1.25 bits per heavy atom. The Morgan fingerprint density at radius 3 is 2.50 bits per heavy atom. The van der Waals surface area contributed by atoms with Crippen LogP contribution in [0.2, 0.25) is 0 Å². The maximum absolute atomic E-state index is 11.7. The maximum atomic E-state index is 11.7. The van der Waals surface area contributed by atoms with Gasteiger partial charge < -0.3 is 15.1 Å². The van der Waals surface area contributed by atoms with E-state index in [0.29, 0.717) is 12.3 Å². The number of rotatable bonds is 7. The van der Waals surface area contributed by atoms with Gasteiger partial charge in [-0.25, -0.2) is 0 Å². The van der Waals surface area contributed by atoms with Crippen molar-refractivity contribution in [3.8, 4) is 0 Å². The molecule has 1 aliphatic rings. The molecule has 1 saturated heterocycles. The van der Waals surface area contributed by atoms with Crippen molar-refractivity contribution < 1.29 is 9.59 Å². The Bertz CT molecular complexity index is 312. The first-order valence-electron chi connectivity index (χ1n) is 7.66. The molecule has 0 radical (unpaired) electrons. The van der Waals surface area contributed by atoms with Gasteiger partial charge in [-0.15, -0.1) is 0 Å². The van der Waals surface area contributed by atoms with Crippen molar-refractivity contribution in [2.45, 2.75) is 39.0 Å². The van der Waals surface area contributed by atoms with Crippen LogP contribution in [0.15, 0.2) is 0 Å². The van der Waals surface area contributed by atoms with Gasteiger partial charge in [-0.3, -0.25) is 9.59 Å². The summed E-state index contributed by atoms with van der Waals surface area (Å²) in [6.07, 6.45) is 4.66. The molecule has 20 heavy (non-hydrogen) atoms. The molecule has 0 aromatic carbocycles. The highest BCUT2D eigenvalue weighted by Crippen LogP contribution is 2.14. The molecular weight excluding hydrogens is 254 g/mol. The predicted octanol–water partition coefficient (Wildman–Crippen LogP) is 1.09. The molecular formula is C15H29N3O2. The molecule has 1 heterocycles. The molecule has 1 rings (SSSR count). The predicted molar refractivity (Wildman–Crippen MR) is 80.4 cm³/mol. The van der Waals surface area contributed by atoms with E-state index in [4.69, 9.17) is 0 Å². The molecule has 1 aliphatic heterocycles. The summed E-state index contributed by atoms with van der Waals surface area (Å²) in [5.74, 6) is 0.866. The highest BCUT2D eigenvalue weighted by molar-refractivity contribution is 5.75. The van der Waals surface area contributed by atoms with Gasteiger partial charge in [-0.05, 0) is 51.7 Å². The third-order valence-electron chi connectivity index (χ3n) is 4.11. The largest absolute Gasteiger partial charge is 0.356 e. The van der Waals surface area contributed by atoms with E-state index in [1.807, 2.05) is 0 Å². The minimum Gasteiger partial charge on any atom is -0.356 e. The lowest BCUT2D eigenvalue weighted by Gasteiger charge is -2.28. The Morgan fingerprint density at radius 2 is 1.90 bits per heavy atom. The fourth-order valence-electron chi connectivity index (χ4n) is 2.40. The third-order valence-corrected chi connectivity index (χ3v) is 4.11. The molecule has 0 saturated carbocycles. The first-order chi connectivity index (χ1) is 9.49. The van der Waals surface area contributed by atoms with Gasteiger partial charge in [-0.1, -0.05) is 0 Å². The second-order valence-corrected chi connectivity index (χ2v) is 5.95. The SMILES string of the molecule is CC(=O)N(C)CCCCC(=O)NCC1CCN(C)CC1. The van der Waals surface area contributed by atoms with Crippen LogP contribution in [0.5, 0.6) is 0 Å². The maximum Gasteiger partial charge on any atom is 0.220 e. The number of nitrogens with one attached hydrogen (secondary N) is 1. The van der Waals surface area contributed by atoms with Crippen LogP contribution in [0.3, 0.4) is 0 Å². The standard InChI is InChI=1S/C15H29N3O2/c1-13(19)18(3)9-5-4-6-15(20)16-12-14-7-10-17(2)11-8-14/h14H,4-12H2,1-3H3,(H,16,20). The average Bonchev–Trinajstić information content (AvgIpc) is 2.42. The summed E-state index contributed by atoms with van der Waals surface area (Å²) in [6.45, 7) is 5.39. The Hall–Kier alpha value is -1.10. The highest BCUT2D eigenvalue weighted by Gasteiger charge is 2.16. The highest BCUT2D eigenvalue weighted by atomic mass is 16.2. The molecule has 0 aromatic heterocycles. The molecule has 0 aromatic rings. The molecule has 116 valence electrons. The second-order valence-electron chi connectivity index (χ2n) is 5.95. The summed E-state index contributed by atoms with van der Waals surface area (Å²) in [7, 11) is 3.94. The number of hydrogen-bond acceptors (Lipinski definition) is 3. The normalized spacial score (nSPS) is 16.9. The third kappa shape index (κ3) is 6.89. The van der Waals surface area contributed by atoms with Crippen molar-refractivity contribution in [1.29, 1.82) is 0 Å². The zero-order valence-corrected chi connectivity index (χ0v) is 13.2. The van der Waals surface area contributed by atoms with Gasteiger partial charge in [0, 0.05) is 33.5 Å². The summed E-state index contributed by atoms with van der Waals surface area (Å²) in [5.41, 5.74) is 0. The van der Waals surface area contributed by atoms with Crippen molar-refractivity contribution in [2.24, 2.45) is 5.92 Å². The van der Waals surface area contributed by atoms with Crippen LogP contribution in [0.1, 0.15) is 39.0 Å². The summed E-state index contributed by atoms with van der Waals surface area (Å²) in [4.78, 5) is 26.8. The molecule has 2 amide bonds. The number of carbonyl (C=O) groups is 2. The van der Waals surface area contributed by atoms with Gasteiger partial charge in [0.15, 0.2) is 0 Å². The van der Waals surface area contributed by atoms with Crippen molar-refractivity contribution in [3.63, 3.8) is 0 Å². The van der Waals surface area contributed by atoms with Crippen LogP contribution in [-0.4, -0.2) is 61.9 Å². The van der Waals surface area contributed by atoms with Crippen LogP contribution in [0.4, 0.5) is 0 Å². The summed E-state index contributed by atoms with van der Waals surface area (Å²) >= 11 is 0. The summed E-state index contributed by atoms with van der Waals surface area (Å²) in [6, 6.07) is 0. The lowest BCUT2D eigenvalue weighted by molar-refractivity contribution is -0.127. The van der Waals surface area contributed by atoms with E-state index in [1.54, 1.807) is 18.9 Å². The lowest BCUT2D eigenvalue weighted by Crippen LogP contribution is -2.36. The molecule has 0 bridgehead atoms. The van der Waals surface area contributed by atoms with Crippen LogP contribution in [0.25, 0.3) is 0 Å². The number of amides is 2. The molecule has 0 spiro atoms. The monoisotopic (exact) mass is 283 g/mol. The smallest absolute Gasteiger partial charge is 0.220 e. The second kappa shape index (κ2) is 8.95. The molecule has 0 unspecified atom stereocenters. The van der Waals surface area contributed by atoms with E-state index >= 15 is 0 Å². The Labute approximate surface area is 122 Å². The number of nitrogens with zero attached hydrogens (tertiary/aromatic N) is 2. The Kier molecular flexibility index (Phi) is 7.59. The van der Waals surface area contributed by atoms with E-state index in [0.717, 1.165) is 39.0 Å². The molecule has 5 heteroatoms. The molecule has 5 nitrogen and oxygen atoms in total. The van der Waals surface area contributed by atoms with Crippen LogP contribution in [0, 0.1) is 5.92 Å². The molecule has 1 N–H and O–H groups in total. The molecule has 0 atom stereocenters. The minimum atomic E-state index is 0.0803. The van der Waals surface area contributed by atoms with Crippen LogP contribution < -0.4 is 5.32 Å². The summed E-state index contributed by atoms with van der Waals surface area (Å²) in [5, 5.41) is 3.04. The average molecular weight is 283 g/mol. The van der Waals surface area contributed by atoms with Crippen molar-refractivity contribution in [3.05, 3.63) is 0 Å². The van der Waals surface area contributed by atoms with Crippen molar-refractivity contribution in [1.82, 2.24) is 15.1 Å². The summed E-state index contributed by atoms with van der Waals surface area (Å²) < 4.78 is 0. The van der Waals surface area contributed by atoms with E-state index in [9.17, 15) is 9.59 Å². The first kappa shape index (κ1) is 17.0. The number of piperidine rings is 1. The van der Waals surface area contributed by atoms with E-state index in [1.165, 1.54) is 12.8 Å². The van der Waals surface area contributed by atoms with E-state index in [-0.39, 0.29) is 11.8 Å². The lowest BCUT2D eigenvalue weighted by atomic mass is 9.97. The quantitative estimate of drug-likeness (QED) is 0.712. The molecule has 1 fully saturated rings. The van der Waals surface area contributed by atoms with Crippen LogP contribution >= 0.6 is 0 Å². The fourth-order valence-corrected chi connectivity index (χ4v) is 2.40. The van der Waals surface area contributed by atoms with E-state index < -0.39 is 0 Å². The Balaban J connectivity index is 2.02. The number of likely N-dealkylation sites (tertiary alicyclic amines) is 1. The van der Waals surface area contributed by atoms with E-state index in [2.05, 4.69) is 17.3 Å². The number of unbranched alkanes of at least 4 members (excludes halogenated alkanes) is 1. The van der Waals surface area contributed by atoms with Gasteiger partial charge in [-0.2, -0.15) is 0 Å². The fraction of sp³-hybridized carbons (Fsp3) is 0.867. The van der Waals surface area contributed by atoms with Crippen molar-refractivity contribution in [2.75, 3.05) is 40.3 Å². The van der Waals surface area contributed by atoms with Crippen molar-refractivity contribution >= 4 is 11.8 Å². The van der Waals surface area contributed by atoms with Crippen LogP contribution in [-0.2, 0) is 9.59 Å². The number of hydrogen-bond donors (Lipinski definition) is 1. The zero-order valence-electron chi connectivity index (χ0n) is 13.2. The first-order valence-corrected chi connectivity index (χ1v) is 7.66. The van der Waals surface area contributed by atoms with Gasteiger partial charge in [0.1, 0.15) is 0 Å². The topological polar surface area (TPSA) is 52.7 Å². The minimum absolute atomic E-state index is 0.0803. The molecule has 0 aliphatic carbocycles. The zero-order chi connectivity index (χ0) is 15.0. The van der Waals surface area contributed by atoms with Gasteiger partial charge in [0.2, 0.25) is 11.8 Å². The number of carbonyl (C=O) groups excluding carboxylic acids is 2. The van der Waals surface area contributed by atoms with Gasteiger partial charge in [0.05, 0.1) is 0 Å².